The van der Waals surface area contributed by atoms with Gasteiger partial charge in [-0.15, -0.1) is 0 Å². The van der Waals surface area contributed by atoms with E-state index < -0.39 is 0 Å². The van der Waals surface area contributed by atoms with Gasteiger partial charge in [-0.25, -0.2) is 0 Å². The van der Waals surface area contributed by atoms with Gasteiger partial charge in [-0.2, -0.15) is 5.10 Å². The summed E-state index contributed by atoms with van der Waals surface area (Å²) < 4.78 is 12.8. The van der Waals surface area contributed by atoms with Crippen LogP contribution in [0.5, 0.6) is 5.75 Å². The number of nitrogens with one attached hydrogen (secondary N) is 1. The van der Waals surface area contributed by atoms with Crippen molar-refractivity contribution in [2.45, 2.75) is 25.6 Å². The van der Waals surface area contributed by atoms with Crippen LogP contribution in [0.3, 0.4) is 0 Å². The third-order valence-corrected chi connectivity index (χ3v) is 4.15. The Bertz CT molecular complexity index is 630. The van der Waals surface area contributed by atoms with Gasteiger partial charge in [0.25, 0.3) is 0 Å². The molecule has 6 heteroatoms. The van der Waals surface area contributed by atoms with Crippen LogP contribution in [0, 0.1) is 0 Å². The monoisotopic (exact) mass is 321 g/mol. The molecule has 3 rings (SSSR count). The Kier molecular flexibility index (Phi) is 4.97. The zero-order valence-corrected chi connectivity index (χ0v) is 13.3. The number of benzene rings is 1. The number of nitrogens with zero attached hydrogens (tertiary/aromatic N) is 2. The molecule has 0 aliphatic carbocycles. The first kappa shape index (κ1) is 15.3. The molecule has 0 amide bonds. The summed E-state index contributed by atoms with van der Waals surface area (Å²) in [7, 11) is 1.72. The molecule has 22 heavy (non-hydrogen) atoms. The molecule has 1 aromatic heterocycles. The van der Waals surface area contributed by atoms with E-state index >= 15 is 0 Å². The molecule has 0 spiro atoms. The minimum atomic E-state index is 0.117. The van der Waals surface area contributed by atoms with Crippen molar-refractivity contribution in [1.29, 1.82) is 0 Å². The fraction of sp³-hybridized carbons (Fsp3) is 0.438. The van der Waals surface area contributed by atoms with Crippen LogP contribution in [0.1, 0.15) is 23.7 Å². The number of methoxy groups -OCH3 is 1. The summed E-state index contributed by atoms with van der Waals surface area (Å²) >= 11 is 6.29. The molecular weight excluding hydrogens is 302 g/mol. The number of hydrogen-bond donors (Lipinski definition) is 1. The summed E-state index contributed by atoms with van der Waals surface area (Å²) in [4.78, 5) is 0. The lowest BCUT2D eigenvalue weighted by Gasteiger charge is -2.14. The van der Waals surface area contributed by atoms with Crippen LogP contribution < -0.4 is 10.1 Å². The highest BCUT2D eigenvalue weighted by Gasteiger charge is 2.26. The minimum absolute atomic E-state index is 0.117. The molecule has 1 atom stereocenters. The fourth-order valence-corrected chi connectivity index (χ4v) is 2.99. The van der Waals surface area contributed by atoms with E-state index in [-0.39, 0.29) is 6.04 Å². The number of aromatic nitrogens is 2. The second-order valence-electron chi connectivity index (χ2n) is 5.29. The summed E-state index contributed by atoms with van der Waals surface area (Å²) in [6.45, 7) is 2.94. The van der Waals surface area contributed by atoms with Gasteiger partial charge in [-0.3, -0.25) is 4.68 Å². The van der Waals surface area contributed by atoms with Crippen molar-refractivity contribution in [3.05, 3.63) is 46.7 Å². The van der Waals surface area contributed by atoms with Gasteiger partial charge in [0.1, 0.15) is 12.4 Å². The van der Waals surface area contributed by atoms with Crippen molar-refractivity contribution in [2.24, 2.45) is 0 Å². The maximum atomic E-state index is 6.29. The molecule has 0 saturated heterocycles. The number of ether oxygens (including phenoxy) is 2. The quantitative estimate of drug-likeness (QED) is 0.797. The SMILES string of the molecule is COCCCn1nccc1CNC1COc2cccc(Cl)c21. The predicted octanol–water partition coefficient (Wildman–Crippen LogP) is 2.80. The normalized spacial score (nSPS) is 16.5. The molecule has 2 heterocycles. The number of rotatable bonds is 7. The zero-order valence-electron chi connectivity index (χ0n) is 12.6. The van der Waals surface area contributed by atoms with Gasteiger partial charge in [0.15, 0.2) is 0 Å². The van der Waals surface area contributed by atoms with Crippen LogP contribution in [0.4, 0.5) is 0 Å². The molecule has 0 saturated carbocycles. The summed E-state index contributed by atoms with van der Waals surface area (Å²) in [5.74, 6) is 0.874. The van der Waals surface area contributed by atoms with E-state index in [1.807, 2.05) is 35.1 Å². The molecule has 118 valence electrons. The van der Waals surface area contributed by atoms with Gasteiger partial charge in [0.2, 0.25) is 0 Å². The molecule has 1 aromatic carbocycles. The van der Waals surface area contributed by atoms with Crippen LogP contribution in [0.2, 0.25) is 5.02 Å². The Morgan fingerprint density at radius 2 is 2.36 bits per heavy atom. The van der Waals surface area contributed by atoms with Crippen LogP contribution in [-0.4, -0.2) is 30.1 Å². The van der Waals surface area contributed by atoms with Crippen molar-refractivity contribution in [3.63, 3.8) is 0 Å². The maximum absolute atomic E-state index is 6.29. The molecule has 0 fully saturated rings. The number of aryl methyl sites for hydroxylation is 1. The second kappa shape index (κ2) is 7.13. The Morgan fingerprint density at radius 3 is 3.23 bits per heavy atom. The standard InChI is InChI=1S/C16H20ClN3O2/c1-21-9-3-8-20-12(6-7-19-20)10-18-14-11-22-15-5-2-4-13(17)16(14)15/h2,4-7,14,18H,3,8-11H2,1H3. The highest BCUT2D eigenvalue weighted by Crippen LogP contribution is 2.37. The molecule has 2 aromatic rings. The molecule has 0 bridgehead atoms. The summed E-state index contributed by atoms with van der Waals surface area (Å²) in [6, 6.07) is 7.92. The average molecular weight is 322 g/mol. The summed E-state index contributed by atoms with van der Waals surface area (Å²) in [5.41, 5.74) is 2.20. The van der Waals surface area contributed by atoms with E-state index in [4.69, 9.17) is 21.1 Å². The first-order valence-corrected chi connectivity index (χ1v) is 7.81. The maximum Gasteiger partial charge on any atom is 0.125 e. The summed E-state index contributed by atoms with van der Waals surface area (Å²) in [5, 5.41) is 8.62. The van der Waals surface area contributed by atoms with E-state index in [1.54, 1.807) is 7.11 Å². The van der Waals surface area contributed by atoms with E-state index in [2.05, 4.69) is 10.4 Å². The fourth-order valence-electron chi connectivity index (χ4n) is 2.70. The summed E-state index contributed by atoms with van der Waals surface area (Å²) in [6.07, 6.45) is 2.78. The highest BCUT2D eigenvalue weighted by atomic mass is 35.5. The van der Waals surface area contributed by atoms with E-state index in [1.165, 1.54) is 0 Å². The lowest BCUT2D eigenvalue weighted by Crippen LogP contribution is -2.24. The first-order valence-electron chi connectivity index (χ1n) is 7.44. The molecule has 0 radical (unpaired) electrons. The topological polar surface area (TPSA) is 48.3 Å². The lowest BCUT2D eigenvalue weighted by atomic mass is 10.1. The van der Waals surface area contributed by atoms with Crippen molar-refractivity contribution in [2.75, 3.05) is 20.3 Å². The molecule has 5 nitrogen and oxygen atoms in total. The predicted molar refractivity (Wildman–Crippen MR) is 85.2 cm³/mol. The average Bonchev–Trinajstić information content (AvgIpc) is 3.13. The van der Waals surface area contributed by atoms with Crippen molar-refractivity contribution < 1.29 is 9.47 Å². The van der Waals surface area contributed by atoms with Gasteiger partial charge in [0, 0.05) is 43.6 Å². The second-order valence-corrected chi connectivity index (χ2v) is 5.70. The Labute approximate surface area is 135 Å². The zero-order chi connectivity index (χ0) is 15.4. The molecule has 1 aliphatic heterocycles. The van der Waals surface area contributed by atoms with Crippen molar-refractivity contribution >= 4 is 11.6 Å². The third kappa shape index (κ3) is 3.27. The minimum Gasteiger partial charge on any atom is -0.491 e. The van der Waals surface area contributed by atoms with Crippen LogP contribution in [-0.2, 0) is 17.8 Å². The molecular formula is C16H20ClN3O2. The van der Waals surface area contributed by atoms with E-state index in [0.29, 0.717) is 6.61 Å². The van der Waals surface area contributed by atoms with Crippen LogP contribution in [0.15, 0.2) is 30.5 Å². The van der Waals surface area contributed by atoms with Gasteiger partial charge >= 0.3 is 0 Å². The van der Waals surface area contributed by atoms with E-state index in [9.17, 15) is 0 Å². The lowest BCUT2D eigenvalue weighted by molar-refractivity contribution is 0.188. The number of hydrogen-bond acceptors (Lipinski definition) is 4. The number of fused-ring (bicyclic) bond motifs is 1. The van der Waals surface area contributed by atoms with Crippen LogP contribution in [0.25, 0.3) is 0 Å². The van der Waals surface area contributed by atoms with Gasteiger partial charge < -0.3 is 14.8 Å². The van der Waals surface area contributed by atoms with E-state index in [0.717, 1.165) is 48.1 Å². The Morgan fingerprint density at radius 1 is 1.45 bits per heavy atom. The molecule has 1 N–H and O–H groups in total. The number of halogens is 1. The molecule has 1 unspecified atom stereocenters. The Hall–Kier alpha value is -1.56. The first-order chi connectivity index (χ1) is 10.8. The highest BCUT2D eigenvalue weighted by molar-refractivity contribution is 6.31. The van der Waals surface area contributed by atoms with Crippen LogP contribution >= 0.6 is 11.6 Å². The Balaban J connectivity index is 1.62. The van der Waals surface area contributed by atoms with Gasteiger partial charge in [0.05, 0.1) is 11.7 Å². The largest absolute Gasteiger partial charge is 0.491 e. The van der Waals surface area contributed by atoms with Gasteiger partial charge in [-0.05, 0) is 24.6 Å². The van der Waals surface area contributed by atoms with Crippen molar-refractivity contribution in [1.82, 2.24) is 15.1 Å². The van der Waals surface area contributed by atoms with Crippen molar-refractivity contribution in [3.8, 4) is 5.75 Å². The smallest absolute Gasteiger partial charge is 0.125 e. The third-order valence-electron chi connectivity index (χ3n) is 3.82. The van der Waals surface area contributed by atoms with Gasteiger partial charge in [-0.1, -0.05) is 17.7 Å². The molecule has 1 aliphatic rings.